The van der Waals surface area contributed by atoms with Crippen molar-refractivity contribution in [2.45, 2.75) is 51.0 Å². The molecule has 1 heterocycles. The molecule has 0 bridgehead atoms. The molecule has 1 unspecified atom stereocenters. The standard InChI is InChI=1S/C13H23N3/c1-11(10-14-2)13-8-9-15-16(13)12-6-4-3-5-7-12/h8-9,11-12,14H,3-7,10H2,1-2H3. The molecule has 1 N–H and O–H groups in total. The summed E-state index contributed by atoms with van der Waals surface area (Å²) >= 11 is 0. The minimum absolute atomic E-state index is 0.550. The fourth-order valence-electron chi connectivity index (χ4n) is 2.76. The summed E-state index contributed by atoms with van der Waals surface area (Å²) in [4.78, 5) is 0. The molecule has 1 atom stereocenters. The lowest BCUT2D eigenvalue weighted by molar-refractivity contribution is 0.318. The maximum absolute atomic E-state index is 4.53. The first-order valence-electron chi connectivity index (χ1n) is 6.51. The topological polar surface area (TPSA) is 29.9 Å². The van der Waals surface area contributed by atoms with Crippen molar-refractivity contribution in [2.24, 2.45) is 0 Å². The monoisotopic (exact) mass is 221 g/mol. The summed E-state index contributed by atoms with van der Waals surface area (Å²) in [5.41, 5.74) is 1.39. The van der Waals surface area contributed by atoms with E-state index in [1.54, 1.807) is 0 Å². The van der Waals surface area contributed by atoms with Crippen LogP contribution < -0.4 is 5.32 Å². The molecule has 1 aliphatic rings. The van der Waals surface area contributed by atoms with Gasteiger partial charge in [-0.25, -0.2) is 0 Å². The Balaban J connectivity index is 2.11. The zero-order valence-corrected chi connectivity index (χ0v) is 10.4. The highest BCUT2D eigenvalue weighted by atomic mass is 15.3. The fourth-order valence-corrected chi connectivity index (χ4v) is 2.76. The largest absolute Gasteiger partial charge is 0.319 e. The Bertz CT molecular complexity index is 313. The van der Waals surface area contributed by atoms with E-state index in [0.717, 1.165) is 6.54 Å². The third-order valence-corrected chi connectivity index (χ3v) is 3.64. The maximum atomic E-state index is 4.53. The van der Waals surface area contributed by atoms with Crippen LogP contribution in [0.4, 0.5) is 0 Å². The zero-order valence-electron chi connectivity index (χ0n) is 10.4. The van der Waals surface area contributed by atoms with Gasteiger partial charge in [0.05, 0.1) is 6.04 Å². The van der Waals surface area contributed by atoms with Crippen molar-refractivity contribution in [3.8, 4) is 0 Å². The van der Waals surface area contributed by atoms with E-state index in [9.17, 15) is 0 Å². The second-order valence-corrected chi connectivity index (χ2v) is 4.95. The molecule has 0 radical (unpaired) electrons. The van der Waals surface area contributed by atoms with Crippen LogP contribution in [0.5, 0.6) is 0 Å². The number of hydrogen-bond acceptors (Lipinski definition) is 2. The number of hydrogen-bond donors (Lipinski definition) is 1. The molecule has 1 fully saturated rings. The molecular weight excluding hydrogens is 198 g/mol. The Morgan fingerprint density at radius 1 is 1.44 bits per heavy atom. The molecule has 3 heteroatoms. The summed E-state index contributed by atoms with van der Waals surface area (Å²) in [5.74, 6) is 0.550. The molecular formula is C13H23N3. The Kier molecular flexibility index (Phi) is 3.99. The van der Waals surface area contributed by atoms with Gasteiger partial charge in [-0.2, -0.15) is 5.10 Å². The molecule has 1 aromatic heterocycles. The van der Waals surface area contributed by atoms with Crippen molar-refractivity contribution in [3.05, 3.63) is 18.0 Å². The number of nitrogens with one attached hydrogen (secondary N) is 1. The number of likely N-dealkylation sites (N-methyl/N-ethyl adjacent to an activating group) is 1. The molecule has 1 aliphatic carbocycles. The van der Waals surface area contributed by atoms with Gasteiger partial charge in [0.15, 0.2) is 0 Å². The molecule has 3 nitrogen and oxygen atoms in total. The van der Waals surface area contributed by atoms with Crippen molar-refractivity contribution >= 4 is 0 Å². The molecule has 1 saturated carbocycles. The van der Waals surface area contributed by atoms with E-state index in [-0.39, 0.29) is 0 Å². The third-order valence-electron chi connectivity index (χ3n) is 3.64. The summed E-state index contributed by atoms with van der Waals surface area (Å²) in [6, 6.07) is 2.83. The predicted octanol–water partition coefficient (Wildman–Crippen LogP) is 2.71. The van der Waals surface area contributed by atoms with Gasteiger partial charge in [0.2, 0.25) is 0 Å². The first kappa shape index (κ1) is 11.6. The van der Waals surface area contributed by atoms with Crippen LogP contribution in [0.15, 0.2) is 12.3 Å². The third kappa shape index (κ3) is 2.46. The van der Waals surface area contributed by atoms with Gasteiger partial charge in [0.1, 0.15) is 0 Å². The normalized spacial score (nSPS) is 19.9. The van der Waals surface area contributed by atoms with Crippen LogP contribution in [-0.4, -0.2) is 23.4 Å². The number of rotatable bonds is 4. The van der Waals surface area contributed by atoms with Crippen LogP contribution >= 0.6 is 0 Å². The summed E-state index contributed by atoms with van der Waals surface area (Å²) in [7, 11) is 2.01. The van der Waals surface area contributed by atoms with Crippen molar-refractivity contribution in [2.75, 3.05) is 13.6 Å². The SMILES string of the molecule is CNCC(C)c1ccnn1C1CCCCC1. The Morgan fingerprint density at radius 3 is 2.88 bits per heavy atom. The van der Waals surface area contributed by atoms with Crippen LogP contribution in [0.1, 0.15) is 56.7 Å². The van der Waals surface area contributed by atoms with Crippen LogP contribution in [0.3, 0.4) is 0 Å². The zero-order chi connectivity index (χ0) is 11.4. The molecule has 0 amide bonds. The summed E-state index contributed by atoms with van der Waals surface area (Å²) in [5, 5.41) is 7.78. The van der Waals surface area contributed by atoms with Crippen molar-refractivity contribution in [1.82, 2.24) is 15.1 Å². The lowest BCUT2D eigenvalue weighted by atomic mass is 9.95. The first-order chi connectivity index (χ1) is 7.83. The Morgan fingerprint density at radius 2 is 2.19 bits per heavy atom. The van der Waals surface area contributed by atoms with Crippen LogP contribution in [0.2, 0.25) is 0 Å². The van der Waals surface area contributed by atoms with Crippen LogP contribution in [-0.2, 0) is 0 Å². The average Bonchev–Trinajstić information content (AvgIpc) is 2.79. The minimum Gasteiger partial charge on any atom is -0.319 e. The van der Waals surface area contributed by atoms with Gasteiger partial charge in [0, 0.05) is 24.4 Å². The quantitative estimate of drug-likeness (QED) is 0.847. The van der Waals surface area contributed by atoms with E-state index in [1.807, 2.05) is 13.2 Å². The highest BCUT2D eigenvalue weighted by molar-refractivity contribution is 5.08. The Labute approximate surface area is 98.2 Å². The second-order valence-electron chi connectivity index (χ2n) is 4.95. The van der Waals surface area contributed by atoms with Crippen LogP contribution in [0, 0.1) is 0 Å². The number of aromatic nitrogens is 2. The van der Waals surface area contributed by atoms with E-state index in [0.29, 0.717) is 12.0 Å². The lowest BCUT2D eigenvalue weighted by Crippen LogP contribution is -2.21. The molecule has 2 rings (SSSR count). The Hall–Kier alpha value is -0.830. The fraction of sp³-hybridized carbons (Fsp3) is 0.769. The van der Waals surface area contributed by atoms with E-state index in [4.69, 9.17) is 0 Å². The highest BCUT2D eigenvalue weighted by Gasteiger charge is 2.20. The maximum Gasteiger partial charge on any atom is 0.0522 e. The number of nitrogens with zero attached hydrogens (tertiary/aromatic N) is 2. The summed E-state index contributed by atoms with van der Waals surface area (Å²) in [6.07, 6.45) is 8.70. The highest BCUT2D eigenvalue weighted by Crippen LogP contribution is 2.30. The van der Waals surface area contributed by atoms with Crippen LogP contribution in [0.25, 0.3) is 0 Å². The minimum atomic E-state index is 0.550. The molecule has 90 valence electrons. The smallest absolute Gasteiger partial charge is 0.0522 e. The van der Waals surface area contributed by atoms with E-state index >= 15 is 0 Å². The van der Waals surface area contributed by atoms with Gasteiger partial charge in [-0.3, -0.25) is 4.68 Å². The van der Waals surface area contributed by atoms with Gasteiger partial charge in [-0.15, -0.1) is 0 Å². The molecule has 0 saturated heterocycles. The molecule has 0 spiro atoms. The average molecular weight is 221 g/mol. The molecule has 0 aromatic carbocycles. The van der Waals surface area contributed by atoms with Gasteiger partial charge in [-0.05, 0) is 26.0 Å². The molecule has 1 aromatic rings. The van der Waals surface area contributed by atoms with Crippen molar-refractivity contribution in [3.63, 3.8) is 0 Å². The molecule has 0 aliphatic heterocycles. The van der Waals surface area contributed by atoms with Crippen molar-refractivity contribution < 1.29 is 0 Å². The summed E-state index contributed by atoms with van der Waals surface area (Å²) in [6.45, 7) is 3.30. The summed E-state index contributed by atoms with van der Waals surface area (Å²) < 4.78 is 2.28. The van der Waals surface area contributed by atoms with Crippen molar-refractivity contribution in [1.29, 1.82) is 0 Å². The van der Waals surface area contributed by atoms with E-state index in [2.05, 4.69) is 28.1 Å². The molecule has 16 heavy (non-hydrogen) atoms. The van der Waals surface area contributed by atoms with Gasteiger partial charge >= 0.3 is 0 Å². The second kappa shape index (κ2) is 5.48. The van der Waals surface area contributed by atoms with Gasteiger partial charge in [-0.1, -0.05) is 26.2 Å². The van der Waals surface area contributed by atoms with Gasteiger partial charge in [0.25, 0.3) is 0 Å². The van der Waals surface area contributed by atoms with E-state index < -0.39 is 0 Å². The lowest BCUT2D eigenvalue weighted by Gasteiger charge is -2.25. The predicted molar refractivity (Wildman–Crippen MR) is 66.7 cm³/mol. The van der Waals surface area contributed by atoms with E-state index in [1.165, 1.54) is 37.8 Å². The van der Waals surface area contributed by atoms with Gasteiger partial charge < -0.3 is 5.32 Å². The first-order valence-corrected chi connectivity index (χ1v) is 6.51.